The van der Waals surface area contributed by atoms with Crippen LogP contribution >= 0.6 is 0 Å². The lowest BCUT2D eigenvalue weighted by Crippen LogP contribution is -2.16. The molecule has 0 amide bonds. The van der Waals surface area contributed by atoms with Crippen molar-refractivity contribution < 1.29 is 14.7 Å². The van der Waals surface area contributed by atoms with E-state index in [0.29, 0.717) is 17.6 Å². The van der Waals surface area contributed by atoms with Gasteiger partial charge in [-0.15, -0.1) is 16.7 Å². The van der Waals surface area contributed by atoms with E-state index in [4.69, 9.17) is 0 Å². The molecule has 14 heavy (non-hydrogen) atoms. The maximum atomic E-state index is 11.4. The largest absolute Gasteiger partial charge is 0.306 e. The highest BCUT2D eigenvalue weighted by molar-refractivity contribution is 5.99. The van der Waals surface area contributed by atoms with Gasteiger partial charge in [-0.05, 0) is 18.9 Å². The molecule has 5 nitrogen and oxygen atoms in total. The molecule has 0 heterocycles. The fraction of sp³-hybridized carbons (Fsp3) is 0.444. The summed E-state index contributed by atoms with van der Waals surface area (Å²) in [6.45, 7) is 5.20. The van der Waals surface area contributed by atoms with Crippen LogP contribution in [0.4, 0.5) is 0 Å². The van der Waals surface area contributed by atoms with Gasteiger partial charge in [0.15, 0.2) is 5.78 Å². The molecule has 0 aromatic carbocycles. The molecule has 0 aromatic heterocycles. The maximum absolute atomic E-state index is 11.4. The first-order chi connectivity index (χ1) is 6.56. The molecule has 0 saturated carbocycles. The third-order valence-electron chi connectivity index (χ3n) is 2.23. The van der Waals surface area contributed by atoms with Crippen LogP contribution in [0.3, 0.4) is 0 Å². The highest BCUT2D eigenvalue weighted by Crippen LogP contribution is 2.27. The second-order valence-corrected chi connectivity index (χ2v) is 3.10. The lowest BCUT2D eigenvalue weighted by molar-refractivity contribution is -0.765. The molecule has 1 unspecified atom stereocenters. The Balaban J connectivity index is 2.81. The number of carbonyl (C=O) groups excluding carboxylic acids is 1. The third kappa shape index (κ3) is 1.99. The normalized spacial score (nSPS) is 21.2. The Bertz CT molecular complexity index is 319. The standard InChI is InChI=1S/C9H11NO4/c1-3-4-7-6(2)9(5-8(7)11)14-10(12)13/h3,9H,1,4-5H2,2H3. The molecule has 76 valence electrons. The van der Waals surface area contributed by atoms with Crippen LogP contribution < -0.4 is 0 Å². The topological polar surface area (TPSA) is 69.4 Å². The molecule has 1 atom stereocenters. The van der Waals surface area contributed by atoms with Gasteiger partial charge in [-0.25, -0.2) is 0 Å². The molecule has 1 aliphatic rings. The zero-order chi connectivity index (χ0) is 10.7. The van der Waals surface area contributed by atoms with Gasteiger partial charge in [-0.2, -0.15) is 0 Å². The second-order valence-electron chi connectivity index (χ2n) is 3.10. The van der Waals surface area contributed by atoms with Crippen molar-refractivity contribution in [2.75, 3.05) is 0 Å². The molecule has 0 spiro atoms. The maximum Gasteiger partial charge on any atom is 0.295 e. The second kappa shape index (κ2) is 4.04. The molecule has 0 N–H and O–H groups in total. The van der Waals surface area contributed by atoms with Crippen LogP contribution in [-0.2, 0) is 9.63 Å². The van der Waals surface area contributed by atoms with Crippen molar-refractivity contribution in [1.29, 1.82) is 0 Å². The number of hydrogen-bond acceptors (Lipinski definition) is 4. The summed E-state index contributed by atoms with van der Waals surface area (Å²) in [5, 5.41) is 9.24. The highest BCUT2D eigenvalue weighted by Gasteiger charge is 2.31. The Labute approximate surface area is 81.2 Å². The van der Waals surface area contributed by atoms with E-state index in [-0.39, 0.29) is 12.2 Å². The van der Waals surface area contributed by atoms with Crippen molar-refractivity contribution in [2.45, 2.75) is 25.9 Å². The number of carbonyl (C=O) groups is 1. The minimum Gasteiger partial charge on any atom is -0.306 e. The summed E-state index contributed by atoms with van der Waals surface area (Å²) in [5.74, 6) is -0.0887. The van der Waals surface area contributed by atoms with E-state index in [0.717, 1.165) is 0 Å². The fourth-order valence-electron chi connectivity index (χ4n) is 1.50. The predicted molar refractivity (Wildman–Crippen MR) is 49.0 cm³/mol. The Morgan fingerprint density at radius 1 is 1.79 bits per heavy atom. The number of ketones is 1. The summed E-state index contributed by atoms with van der Waals surface area (Å²) >= 11 is 0. The molecule has 0 aromatic rings. The van der Waals surface area contributed by atoms with Gasteiger partial charge >= 0.3 is 0 Å². The van der Waals surface area contributed by atoms with Gasteiger partial charge in [0.1, 0.15) is 6.10 Å². The molecule has 0 saturated heterocycles. The lowest BCUT2D eigenvalue weighted by atomic mass is 10.1. The van der Waals surface area contributed by atoms with Crippen LogP contribution in [0.25, 0.3) is 0 Å². The smallest absolute Gasteiger partial charge is 0.295 e. The first-order valence-corrected chi connectivity index (χ1v) is 4.21. The van der Waals surface area contributed by atoms with Crippen LogP contribution in [0, 0.1) is 10.1 Å². The van der Waals surface area contributed by atoms with Gasteiger partial charge in [-0.3, -0.25) is 4.79 Å². The zero-order valence-corrected chi connectivity index (χ0v) is 7.86. The molecule has 0 radical (unpaired) electrons. The first-order valence-electron chi connectivity index (χ1n) is 4.21. The zero-order valence-electron chi connectivity index (χ0n) is 7.86. The van der Waals surface area contributed by atoms with Gasteiger partial charge in [0, 0.05) is 12.0 Å². The molecule has 1 rings (SSSR count). The van der Waals surface area contributed by atoms with Crippen molar-refractivity contribution >= 4 is 5.78 Å². The van der Waals surface area contributed by atoms with Crippen LogP contribution in [0.5, 0.6) is 0 Å². The number of nitrogens with zero attached hydrogens (tertiary/aromatic N) is 1. The Morgan fingerprint density at radius 2 is 2.43 bits per heavy atom. The van der Waals surface area contributed by atoms with E-state index in [1.165, 1.54) is 0 Å². The van der Waals surface area contributed by atoms with Gasteiger partial charge < -0.3 is 4.84 Å². The molecular formula is C9H11NO4. The summed E-state index contributed by atoms with van der Waals surface area (Å²) in [7, 11) is 0. The Morgan fingerprint density at radius 3 is 2.93 bits per heavy atom. The minimum absolute atomic E-state index is 0.0655. The number of rotatable bonds is 4. The van der Waals surface area contributed by atoms with Crippen molar-refractivity contribution in [3.05, 3.63) is 33.9 Å². The molecule has 1 aliphatic carbocycles. The van der Waals surface area contributed by atoms with Gasteiger partial charge in [0.25, 0.3) is 5.09 Å². The monoisotopic (exact) mass is 197 g/mol. The van der Waals surface area contributed by atoms with E-state index in [2.05, 4.69) is 11.4 Å². The average molecular weight is 197 g/mol. The van der Waals surface area contributed by atoms with E-state index in [1.807, 2.05) is 0 Å². The predicted octanol–water partition coefficient (Wildman–Crippen LogP) is 1.43. The summed E-state index contributed by atoms with van der Waals surface area (Å²) < 4.78 is 0. The van der Waals surface area contributed by atoms with Gasteiger partial charge in [0.2, 0.25) is 0 Å². The fourth-order valence-corrected chi connectivity index (χ4v) is 1.50. The van der Waals surface area contributed by atoms with Crippen LogP contribution in [0.2, 0.25) is 0 Å². The van der Waals surface area contributed by atoms with Crippen LogP contribution in [-0.4, -0.2) is 17.0 Å². The van der Waals surface area contributed by atoms with Crippen molar-refractivity contribution in [1.82, 2.24) is 0 Å². The Kier molecular flexibility index (Phi) is 3.01. The third-order valence-corrected chi connectivity index (χ3v) is 2.23. The molecule has 0 fully saturated rings. The van der Waals surface area contributed by atoms with E-state index in [1.54, 1.807) is 13.0 Å². The highest BCUT2D eigenvalue weighted by atomic mass is 17.0. The molecule has 0 bridgehead atoms. The van der Waals surface area contributed by atoms with Crippen LogP contribution in [0.1, 0.15) is 19.8 Å². The quantitative estimate of drug-likeness (QED) is 0.388. The SMILES string of the molecule is C=CCC1=C(C)C(O[N+](=O)[O-])CC1=O. The average Bonchev–Trinajstić information content (AvgIpc) is 2.32. The lowest BCUT2D eigenvalue weighted by Gasteiger charge is -2.07. The van der Waals surface area contributed by atoms with E-state index in [9.17, 15) is 14.9 Å². The molecule has 5 heteroatoms. The van der Waals surface area contributed by atoms with Crippen molar-refractivity contribution in [2.24, 2.45) is 0 Å². The minimum atomic E-state index is -0.863. The van der Waals surface area contributed by atoms with Crippen LogP contribution in [0.15, 0.2) is 23.8 Å². The summed E-state index contributed by atoms with van der Waals surface area (Å²) in [5.41, 5.74) is 1.23. The first kappa shape index (κ1) is 10.4. The van der Waals surface area contributed by atoms with E-state index >= 15 is 0 Å². The van der Waals surface area contributed by atoms with E-state index < -0.39 is 11.2 Å². The summed E-state index contributed by atoms with van der Waals surface area (Å²) in [6, 6.07) is 0. The molecule has 0 aliphatic heterocycles. The summed E-state index contributed by atoms with van der Waals surface area (Å²) in [6.07, 6.45) is 1.41. The van der Waals surface area contributed by atoms with Crippen molar-refractivity contribution in [3.63, 3.8) is 0 Å². The Hall–Kier alpha value is -1.65. The number of hydrogen-bond donors (Lipinski definition) is 0. The summed E-state index contributed by atoms with van der Waals surface area (Å²) in [4.78, 5) is 25.8. The van der Waals surface area contributed by atoms with Gasteiger partial charge in [0.05, 0.1) is 0 Å². The van der Waals surface area contributed by atoms with Crippen molar-refractivity contribution in [3.8, 4) is 0 Å². The number of Topliss-reactive ketones (excluding diaryl/α,β-unsaturated/α-hetero) is 1. The molecular weight excluding hydrogens is 186 g/mol. The van der Waals surface area contributed by atoms with Gasteiger partial charge in [-0.1, -0.05) is 6.08 Å². The number of allylic oxidation sites excluding steroid dienone is 2.